The molecule has 5 heteroatoms. The smallest absolute Gasteiger partial charge is 0.304 e. The molecule has 0 spiro atoms. The molecule has 0 bridgehead atoms. The number of halogens is 2. The molecule has 1 fully saturated rings. The molecule has 0 unspecified atom stereocenters. The minimum Gasteiger partial charge on any atom is -0.481 e. The van der Waals surface area contributed by atoms with Gasteiger partial charge in [-0.25, -0.2) is 8.78 Å². The Balaban J connectivity index is 2.35. The van der Waals surface area contributed by atoms with Crippen molar-refractivity contribution in [1.29, 1.82) is 0 Å². The highest BCUT2D eigenvalue weighted by molar-refractivity contribution is 5.70. The zero-order chi connectivity index (χ0) is 13.3. The third-order valence-electron chi connectivity index (χ3n) is 3.38. The summed E-state index contributed by atoms with van der Waals surface area (Å²) in [5.74, 6) is -2.87. The highest BCUT2D eigenvalue weighted by atomic mass is 19.2. The highest BCUT2D eigenvalue weighted by Gasteiger charge is 2.48. The maximum atomic E-state index is 13.9. The van der Waals surface area contributed by atoms with Gasteiger partial charge in [0.25, 0.3) is 0 Å². The van der Waals surface area contributed by atoms with Gasteiger partial charge >= 0.3 is 5.97 Å². The van der Waals surface area contributed by atoms with E-state index in [0.717, 1.165) is 0 Å². The second-order valence-corrected chi connectivity index (χ2v) is 4.68. The molecule has 1 aromatic rings. The molecule has 1 saturated carbocycles. The minimum atomic E-state index is -0.992. The van der Waals surface area contributed by atoms with E-state index in [4.69, 9.17) is 9.84 Å². The van der Waals surface area contributed by atoms with Gasteiger partial charge in [0.2, 0.25) is 0 Å². The van der Waals surface area contributed by atoms with Gasteiger partial charge in [-0.15, -0.1) is 0 Å². The summed E-state index contributed by atoms with van der Waals surface area (Å²) in [7, 11) is 1.40. The van der Waals surface area contributed by atoms with Gasteiger partial charge in [0.15, 0.2) is 11.6 Å². The van der Waals surface area contributed by atoms with E-state index in [0.29, 0.717) is 12.8 Å². The molecule has 0 radical (unpaired) electrons. The van der Waals surface area contributed by atoms with Gasteiger partial charge in [-0.1, -0.05) is 12.1 Å². The van der Waals surface area contributed by atoms with E-state index in [9.17, 15) is 13.6 Å². The molecule has 0 saturated heterocycles. The van der Waals surface area contributed by atoms with Crippen molar-refractivity contribution < 1.29 is 23.4 Å². The minimum absolute atomic E-state index is 0.00500. The molecular formula is C13H14F2O3. The molecule has 0 amide bonds. The Kier molecular flexibility index (Phi) is 3.34. The SMILES string of the molecule is COCc1ccc(C2(CC(=O)O)CC2)c(F)c1F. The van der Waals surface area contributed by atoms with Crippen LogP contribution in [-0.4, -0.2) is 18.2 Å². The maximum absolute atomic E-state index is 13.9. The third kappa shape index (κ3) is 2.22. The molecule has 1 N–H and O–H groups in total. The van der Waals surface area contributed by atoms with Crippen LogP contribution in [0.4, 0.5) is 8.78 Å². The lowest BCUT2D eigenvalue weighted by Crippen LogP contribution is -2.16. The van der Waals surface area contributed by atoms with Crippen LogP contribution in [0, 0.1) is 11.6 Å². The molecule has 1 aliphatic rings. The molecule has 18 heavy (non-hydrogen) atoms. The van der Waals surface area contributed by atoms with Crippen LogP contribution in [0.2, 0.25) is 0 Å². The molecule has 3 nitrogen and oxygen atoms in total. The van der Waals surface area contributed by atoms with Crippen LogP contribution in [0.5, 0.6) is 0 Å². The molecule has 0 aliphatic heterocycles. The summed E-state index contributed by atoms with van der Waals surface area (Å²) in [6, 6.07) is 2.93. The monoisotopic (exact) mass is 256 g/mol. The first-order valence-electron chi connectivity index (χ1n) is 5.68. The maximum Gasteiger partial charge on any atom is 0.304 e. The van der Waals surface area contributed by atoms with Crippen molar-refractivity contribution in [3.8, 4) is 0 Å². The van der Waals surface area contributed by atoms with Crippen molar-refractivity contribution >= 4 is 5.97 Å². The van der Waals surface area contributed by atoms with E-state index < -0.39 is 23.0 Å². The first kappa shape index (κ1) is 13.0. The van der Waals surface area contributed by atoms with Crippen LogP contribution in [-0.2, 0) is 21.6 Å². The predicted octanol–water partition coefficient (Wildman–Crippen LogP) is 2.62. The molecule has 0 aromatic heterocycles. The van der Waals surface area contributed by atoms with Crippen molar-refractivity contribution in [2.75, 3.05) is 7.11 Å². The summed E-state index contributed by atoms with van der Waals surface area (Å²) >= 11 is 0. The lowest BCUT2D eigenvalue weighted by atomic mass is 9.91. The van der Waals surface area contributed by atoms with Crippen LogP contribution >= 0.6 is 0 Å². The van der Waals surface area contributed by atoms with Crippen LogP contribution in [0.3, 0.4) is 0 Å². The van der Waals surface area contributed by atoms with Gasteiger partial charge in [-0.2, -0.15) is 0 Å². The molecule has 1 aromatic carbocycles. The fourth-order valence-electron chi connectivity index (χ4n) is 2.25. The average Bonchev–Trinajstić information content (AvgIpc) is 3.05. The van der Waals surface area contributed by atoms with Crippen LogP contribution in [0.1, 0.15) is 30.4 Å². The van der Waals surface area contributed by atoms with Crippen LogP contribution < -0.4 is 0 Å². The number of hydrogen-bond donors (Lipinski definition) is 1. The van der Waals surface area contributed by atoms with E-state index in [2.05, 4.69) is 0 Å². The third-order valence-corrected chi connectivity index (χ3v) is 3.38. The summed E-state index contributed by atoms with van der Waals surface area (Å²) in [6.07, 6.45) is 1.01. The Bertz CT molecular complexity index is 481. The number of carboxylic acids is 1. The summed E-state index contributed by atoms with van der Waals surface area (Å²) < 4.78 is 32.5. The molecule has 0 heterocycles. The van der Waals surface area contributed by atoms with Crippen molar-refractivity contribution in [2.45, 2.75) is 31.3 Å². The van der Waals surface area contributed by atoms with E-state index in [-0.39, 0.29) is 24.2 Å². The van der Waals surface area contributed by atoms with Crippen LogP contribution in [0.25, 0.3) is 0 Å². The zero-order valence-electron chi connectivity index (χ0n) is 10.0. The molecule has 2 rings (SSSR count). The Labute approximate surface area is 103 Å². The number of ether oxygens (including phenoxy) is 1. The summed E-state index contributed by atoms with van der Waals surface area (Å²) in [5, 5.41) is 8.81. The lowest BCUT2D eigenvalue weighted by Gasteiger charge is -2.15. The summed E-state index contributed by atoms with van der Waals surface area (Å²) in [6.45, 7) is -0.00500. The number of carboxylic acid groups (broad SMARTS) is 1. The first-order valence-corrected chi connectivity index (χ1v) is 5.68. The highest BCUT2D eigenvalue weighted by Crippen LogP contribution is 2.52. The Morgan fingerprint density at radius 2 is 2.06 bits per heavy atom. The Hall–Kier alpha value is -1.49. The van der Waals surface area contributed by atoms with Crippen molar-refractivity contribution in [3.63, 3.8) is 0 Å². The van der Waals surface area contributed by atoms with Gasteiger partial charge in [-0.05, 0) is 18.4 Å². The van der Waals surface area contributed by atoms with Gasteiger partial charge in [-0.3, -0.25) is 4.79 Å². The Morgan fingerprint density at radius 3 is 2.56 bits per heavy atom. The van der Waals surface area contributed by atoms with Gasteiger partial charge in [0.1, 0.15) is 0 Å². The number of benzene rings is 1. The topological polar surface area (TPSA) is 46.5 Å². The number of rotatable bonds is 5. The standard InChI is InChI=1S/C13H14F2O3/c1-18-7-8-2-3-9(12(15)11(8)14)13(4-5-13)6-10(16)17/h2-3H,4-7H2,1H3,(H,16,17). The van der Waals surface area contributed by atoms with E-state index >= 15 is 0 Å². The largest absolute Gasteiger partial charge is 0.481 e. The molecule has 1 aliphatic carbocycles. The first-order chi connectivity index (χ1) is 8.50. The van der Waals surface area contributed by atoms with Crippen molar-refractivity contribution in [1.82, 2.24) is 0 Å². The quantitative estimate of drug-likeness (QED) is 0.880. The number of aliphatic carboxylic acids is 1. The van der Waals surface area contributed by atoms with Gasteiger partial charge in [0, 0.05) is 18.1 Å². The number of hydrogen-bond acceptors (Lipinski definition) is 2. The van der Waals surface area contributed by atoms with E-state index in [1.807, 2.05) is 0 Å². The molecule has 98 valence electrons. The second-order valence-electron chi connectivity index (χ2n) is 4.68. The second kappa shape index (κ2) is 4.65. The number of methoxy groups -OCH3 is 1. The average molecular weight is 256 g/mol. The summed E-state index contributed by atoms with van der Waals surface area (Å²) in [5.41, 5.74) is -0.408. The Morgan fingerprint density at radius 1 is 1.39 bits per heavy atom. The van der Waals surface area contributed by atoms with Gasteiger partial charge < -0.3 is 9.84 Å². The van der Waals surface area contributed by atoms with Gasteiger partial charge in [0.05, 0.1) is 13.0 Å². The number of carbonyl (C=O) groups is 1. The normalized spacial score (nSPS) is 16.6. The molecular weight excluding hydrogens is 242 g/mol. The fourth-order valence-corrected chi connectivity index (χ4v) is 2.25. The fraction of sp³-hybridized carbons (Fsp3) is 0.462. The summed E-state index contributed by atoms with van der Waals surface area (Å²) in [4.78, 5) is 10.8. The predicted molar refractivity (Wildman–Crippen MR) is 60.2 cm³/mol. The lowest BCUT2D eigenvalue weighted by molar-refractivity contribution is -0.137. The van der Waals surface area contributed by atoms with E-state index in [1.165, 1.54) is 19.2 Å². The zero-order valence-corrected chi connectivity index (χ0v) is 10.0. The van der Waals surface area contributed by atoms with Crippen LogP contribution in [0.15, 0.2) is 12.1 Å². The molecule has 0 atom stereocenters. The van der Waals surface area contributed by atoms with E-state index in [1.54, 1.807) is 0 Å². The van der Waals surface area contributed by atoms with Crippen molar-refractivity contribution in [2.24, 2.45) is 0 Å². The van der Waals surface area contributed by atoms with Crippen molar-refractivity contribution in [3.05, 3.63) is 34.9 Å².